The highest BCUT2D eigenvalue weighted by Crippen LogP contribution is 2.23. The van der Waals surface area contributed by atoms with Crippen molar-refractivity contribution in [1.29, 1.82) is 0 Å². The Bertz CT molecular complexity index is 902. The number of halogens is 2. The summed E-state index contributed by atoms with van der Waals surface area (Å²) >= 11 is 11.9. The van der Waals surface area contributed by atoms with E-state index < -0.39 is 0 Å². The number of fused-ring (bicyclic) bond motifs is 1. The number of hydrogen-bond donors (Lipinski definition) is 1. The largest absolute Gasteiger partial charge is 0.451 e. The van der Waals surface area contributed by atoms with E-state index in [1.54, 1.807) is 12.1 Å². The average molecular weight is 376 g/mol. The summed E-state index contributed by atoms with van der Waals surface area (Å²) in [7, 11) is 0. The van der Waals surface area contributed by atoms with Gasteiger partial charge in [-0.05, 0) is 54.3 Å². The molecule has 0 saturated heterocycles. The normalized spacial score (nSPS) is 11.0. The lowest BCUT2D eigenvalue weighted by molar-refractivity contribution is 0.0928. The standard InChI is InChI=1S/C20H19Cl2NO2/c1-2-3-13-5-7-18-15(10-13)12-19(25-18)20(24)23-9-8-14-4-6-16(21)17(22)11-14/h4-7,10-12H,2-3,8-9H2,1H3,(H,23,24). The van der Waals surface area contributed by atoms with E-state index in [-0.39, 0.29) is 5.91 Å². The fourth-order valence-corrected chi connectivity index (χ4v) is 3.07. The lowest BCUT2D eigenvalue weighted by Crippen LogP contribution is -2.25. The van der Waals surface area contributed by atoms with E-state index in [0.29, 0.717) is 28.8 Å². The van der Waals surface area contributed by atoms with Gasteiger partial charge in [0, 0.05) is 11.9 Å². The van der Waals surface area contributed by atoms with E-state index in [1.807, 2.05) is 24.3 Å². The molecule has 0 aliphatic carbocycles. The first-order chi connectivity index (χ1) is 12.1. The van der Waals surface area contributed by atoms with Crippen LogP contribution < -0.4 is 5.32 Å². The third-order valence-corrected chi connectivity index (χ3v) is 4.77. The highest BCUT2D eigenvalue weighted by Gasteiger charge is 2.12. The van der Waals surface area contributed by atoms with Crippen molar-refractivity contribution in [2.75, 3.05) is 6.54 Å². The van der Waals surface area contributed by atoms with E-state index >= 15 is 0 Å². The van der Waals surface area contributed by atoms with Crippen molar-refractivity contribution >= 4 is 40.1 Å². The van der Waals surface area contributed by atoms with Crippen LogP contribution in [0.5, 0.6) is 0 Å². The molecular weight excluding hydrogens is 357 g/mol. The van der Waals surface area contributed by atoms with Crippen LogP contribution in [0.4, 0.5) is 0 Å². The average Bonchev–Trinajstić information content (AvgIpc) is 3.02. The number of amides is 1. The lowest BCUT2D eigenvalue weighted by Gasteiger charge is -2.04. The fraction of sp³-hybridized carbons (Fsp3) is 0.250. The zero-order valence-corrected chi connectivity index (χ0v) is 15.5. The molecule has 0 atom stereocenters. The van der Waals surface area contributed by atoms with Crippen LogP contribution in [-0.2, 0) is 12.8 Å². The highest BCUT2D eigenvalue weighted by atomic mass is 35.5. The Balaban J connectivity index is 1.62. The van der Waals surface area contributed by atoms with Gasteiger partial charge in [-0.25, -0.2) is 0 Å². The van der Waals surface area contributed by atoms with Crippen LogP contribution in [0, 0.1) is 0 Å². The van der Waals surface area contributed by atoms with Crippen LogP contribution in [0.2, 0.25) is 10.0 Å². The van der Waals surface area contributed by atoms with Gasteiger partial charge in [0.2, 0.25) is 0 Å². The number of rotatable bonds is 6. The summed E-state index contributed by atoms with van der Waals surface area (Å²) in [6.07, 6.45) is 2.78. The third kappa shape index (κ3) is 4.36. The minimum atomic E-state index is -0.215. The molecule has 3 aromatic rings. The summed E-state index contributed by atoms with van der Waals surface area (Å²) in [5, 5.41) is 4.88. The monoisotopic (exact) mass is 375 g/mol. The van der Waals surface area contributed by atoms with Gasteiger partial charge in [0.25, 0.3) is 5.91 Å². The predicted molar refractivity (Wildman–Crippen MR) is 103 cm³/mol. The Kier molecular flexibility index (Phi) is 5.67. The zero-order chi connectivity index (χ0) is 17.8. The van der Waals surface area contributed by atoms with Crippen molar-refractivity contribution in [2.45, 2.75) is 26.2 Å². The Hall–Kier alpha value is -1.97. The number of benzene rings is 2. The van der Waals surface area contributed by atoms with Crippen LogP contribution in [0.25, 0.3) is 11.0 Å². The van der Waals surface area contributed by atoms with Crippen LogP contribution in [0.15, 0.2) is 46.9 Å². The van der Waals surface area contributed by atoms with Gasteiger partial charge in [0.15, 0.2) is 5.76 Å². The first kappa shape index (κ1) is 17.8. The van der Waals surface area contributed by atoms with Gasteiger partial charge in [0.1, 0.15) is 5.58 Å². The minimum absolute atomic E-state index is 0.215. The van der Waals surface area contributed by atoms with Gasteiger partial charge < -0.3 is 9.73 Å². The molecule has 0 fully saturated rings. The Morgan fingerprint density at radius 3 is 2.52 bits per heavy atom. The van der Waals surface area contributed by atoms with E-state index in [4.69, 9.17) is 27.6 Å². The van der Waals surface area contributed by atoms with E-state index in [1.165, 1.54) is 5.56 Å². The lowest BCUT2D eigenvalue weighted by atomic mass is 10.1. The minimum Gasteiger partial charge on any atom is -0.451 e. The smallest absolute Gasteiger partial charge is 0.287 e. The van der Waals surface area contributed by atoms with Gasteiger partial charge >= 0.3 is 0 Å². The van der Waals surface area contributed by atoms with E-state index in [9.17, 15) is 4.79 Å². The summed E-state index contributed by atoms with van der Waals surface area (Å²) in [6, 6.07) is 13.3. The van der Waals surface area contributed by atoms with Crippen molar-refractivity contribution < 1.29 is 9.21 Å². The van der Waals surface area contributed by atoms with E-state index in [0.717, 1.165) is 29.4 Å². The van der Waals surface area contributed by atoms with Crippen molar-refractivity contribution in [3.8, 4) is 0 Å². The maximum atomic E-state index is 12.3. The molecule has 0 saturated carbocycles. The number of furan rings is 1. The second kappa shape index (κ2) is 7.94. The van der Waals surface area contributed by atoms with Crippen LogP contribution in [-0.4, -0.2) is 12.5 Å². The Labute approximate surface area is 156 Å². The summed E-state index contributed by atoms with van der Waals surface area (Å²) in [4.78, 5) is 12.3. The molecule has 0 unspecified atom stereocenters. The summed E-state index contributed by atoms with van der Waals surface area (Å²) in [6.45, 7) is 2.64. The molecule has 3 nitrogen and oxygen atoms in total. The molecule has 3 rings (SSSR count). The predicted octanol–water partition coefficient (Wildman–Crippen LogP) is 5.66. The molecule has 0 aliphatic heterocycles. The second-order valence-electron chi connectivity index (χ2n) is 5.99. The molecule has 2 aromatic carbocycles. The maximum Gasteiger partial charge on any atom is 0.287 e. The molecule has 0 radical (unpaired) electrons. The van der Waals surface area contributed by atoms with Crippen molar-refractivity contribution in [3.63, 3.8) is 0 Å². The summed E-state index contributed by atoms with van der Waals surface area (Å²) < 4.78 is 5.65. The van der Waals surface area contributed by atoms with Gasteiger partial charge in [0.05, 0.1) is 10.0 Å². The fourth-order valence-electron chi connectivity index (χ4n) is 2.75. The summed E-state index contributed by atoms with van der Waals surface area (Å²) in [5.41, 5.74) is 3.00. The number of carbonyl (C=O) groups is 1. The van der Waals surface area contributed by atoms with Crippen molar-refractivity contribution in [1.82, 2.24) is 5.32 Å². The van der Waals surface area contributed by atoms with Gasteiger partial charge in [-0.2, -0.15) is 0 Å². The number of hydrogen-bond acceptors (Lipinski definition) is 2. The molecule has 0 bridgehead atoms. The van der Waals surface area contributed by atoms with Gasteiger partial charge in [-0.15, -0.1) is 0 Å². The number of aryl methyl sites for hydroxylation is 1. The number of carbonyl (C=O) groups excluding carboxylic acids is 1. The molecule has 1 amide bonds. The van der Waals surface area contributed by atoms with Crippen LogP contribution >= 0.6 is 23.2 Å². The molecular formula is C20H19Cl2NO2. The second-order valence-corrected chi connectivity index (χ2v) is 6.80. The number of nitrogens with one attached hydrogen (secondary N) is 1. The molecule has 1 aromatic heterocycles. The molecule has 130 valence electrons. The SMILES string of the molecule is CCCc1ccc2oc(C(=O)NCCc3ccc(Cl)c(Cl)c3)cc2c1. The molecule has 0 aliphatic rings. The molecule has 1 heterocycles. The first-order valence-electron chi connectivity index (χ1n) is 8.31. The molecule has 5 heteroatoms. The Morgan fingerprint density at radius 2 is 1.76 bits per heavy atom. The summed E-state index contributed by atoms with van der Waals surface area (Å²) in [5.74, 6) is 0.117. The van der Waals surface area contributed by atoms with Crippen molar-refractivity contribution in [3.05, 3.63) is 69.4 Å². The van der Waals surface area contributed by atoms with Crippen LogP contribution in [0.1, 0.15) is 35.0 Å². The zero-order valence-electron chi connectivity index (χ0n) is 13.9. The third-order valence-electron chi connectivity index (χ3n) is 4.03. The van der Waals surface area contributed by atoms with Crippen LogP contribution in [0.3, 0.4) is 0 Å². The van der Waals surface area contributed by atoms with Gasteiger partial charge in [-0.1, -0.05) is 48.7 Å². The van der Waals surface area contributed by atoms with E-state index in [2.05, 4.69) is 18.3 Å². The molecule has 25 heavy (non-hydrogen) atoms. The highest BCUT2D eigenvalue weighted by molar-refractivity contribution is 6.42. The van der Waals surface area contributed by atoms with Gasteiger partial charge in [-0.3, -0.25) is 4.79 Å². The molecule has 1 N–H and O–H groups in total. The Morgan fingerprint density at radius 1 is 1.00 bits per heavy atom. The quantitative estimate of drug-likeness (QED) is 0.603. The van der Waals surface area contributed by atoms with Crippen molar-refractivity contribution in [2.24, 2.45) is 0 Å². The molecule has 0 spiro atoms. The first-order valence-corrected chi connectivity index (χ1v) is 9.07. The topological polar surface area (TPSA) is 42.2 Å². The maximum absolute atomic E-state index is 12.3.